The number of rotatable bonds is 7. The second-order valence-corrected chi connectivity index (χ2v) is 8.48. The molecule has 33 heavy (non-hydrogen) atoms. The number of nitrogens with zero attached hydrogens (tertiary/aromatic N) is 6. The fourth-order valence-electron chi connectivity index (χ4n) is 3.99. The smallest absolute Gasteiger partial charge is 0.263 e. The van der Waals surface area contributed by atoms with Crippen molar-refractivity contribution in [2.24, 2.45) is 0 Å². The van der Waals surface area contributed by atoms with Gasteiger partial charge in [0.25, 0.3) is 6.43 Å². The van der Waals surface area contributed by atoms with Crippen LogP contribution in [0.2, 0.25) is 5.02 Å². The average Bonchev–Trinajstić information content (AvgIpc) is 3.48. The zero-order valence-corrected chi connectivity index (χ0v) is 18.7. The van der Waals surface area contributed by atoms with E-state index in [2.05, 4.69) is 35.9 Å². The number of benzene rings is 1. The van der Waals surface area contributed by atoms with E-state index in [4.69, 9.17) is 11.6 Å². The second kappa shape index (κ2) is 8.18. The lowest BCUT2D eigenvalue weighted by molar-refractivity contribution is 0.0593. The number of aromatic nitrogens is 6. The van der Waals surface area contributed by atoms with Crippen molar-refractivity contribution in [1.29, 1.82) is 0 Å². The second-order valence-electron chi connectivity index (χ2n) is 8.07. The van der Waals surface area contributed by atoms with Gasteiger partial charge in [-0.3, -0.25) is 4.98 Å². The molecule has 1 aromatic carbocycles. The van der Waals surface area contributed by atoms with Crippen molar-refractivity contribution in [3.8, 4) is 0 Å². The van der Waals surface area contributed by atoms with Crippen molar-refractivity contribution in [2.45, 2.75) is 37.8 Å². The van der Waals surface area contributed by atoms with E-state index in [9.17, 15) is 8.78 Å². The van der Waals surface area contributed by atoms with Crippen LogP contribution in [-0.4, -0.2) is 43.4 Å². The summed E-state index contributed by atoms with van der Waals surface area (Å²) >= 11 is 6.52. The third-order valence-corrected chi connectivity index (χ3v) is 6.32. The first-order valence-corrected chi connectivity index (χ1v) is 10.8. The lowest BCUT2D eigenvalue weighted by atomic mass is 10.0. The minimum atomic E-state index is -2.50. The summed E-state index contributed by atoms with van der Waals surface area (Å²) in [6.07, 6.45) is 3.00. The fourth-order valence-corrected chi connectivity index (χ4v) is 4.26. The Labute approximate surface area is 193 Å². The molecule has 3 aromatic heterocycles. The zero-order chi connectivity index (χ0) is 23.2. The predicted octanol–water partition coefficient (Wildman–Crippen LogP) is 4.58. The van der Waals surface area contributed by atoms with Gasteiger partial charge in [0.15, 0.2) is 0 Å². The van der Waals surface area contributed by atoms with Crippen molar-refractivity contribution >= 4 is 34.0 Å². The van der Waals surface area contributed by atoms with E-state index in [1.807, 2.05) is 25.1 Å². The molecule has 0 amide bonds. The number of fused-ring (bicyclic) bond motifs is 1. The van der Waals surface area contributed by atoms with Crippen LogP contribution >= 0.6 is 11.6 Å². The molecule has 0 bridgehead atoms. The molecule has 1 aliphatic rings. The highest BCUT2D eigenvalue weighted by Crippen LogP contribution is 2.48. The van der Waals surface area contributed by atoms with Gasteiger partial charge < -0.3 is 10.6 Å². The average molecular weight is 471 g/mol. The molecule has 0 aliphatic heterocycles. The molecule has 2 N–H and O–H groups in total. The van der Waals surface area contributed by atoms with Gasteiger partial charge in [-0.25, -0.2) is 23.4 Å². The number of aryl methyl sites for hydroxylation is 1. The Hall–Kier alpha value is -3.40. The first kappa shape index (κ1) is 21.4. The summed E-state index contributed by atoms with van der Waals surface area (Å²) in [5.41, 5.74) is 2.19. The van der Waals surface area contributed by atoms with E-state index in [0.29, 0.717) is 40.6 Å². The Bertz CT molecular complexity index is 1320. The van der Waals surface area contributed by atoms with Crippen LogP contribution in [0.15, 0.2) is 43.0 Å². The molecule has 1 fully saturated rings. The normalized spacial score (nSPS) is 15.6. The zero-order valence-electron chi connectivity index (χ0n) is 17.9. The van der Waals surface area contributed by atoms with Crippen LogP contribution in [0.1, 0.15) is 35.8 Å². The quantitative estimate of drug-likeness (QED) is 0.408. The maximum Gasteiger partial charge on any atom is 0.263 e. The summed E-state index contributed by atoms with van der Waals surface area (Å²) < 4.78 is 28.5. The van der Waals surface area contributed by atoms with Gasteiger partial charge >= 0.3 is 0 Å². The number of anilines is 2. The molecule has 0 radical (unpaired) electrons. The van der Waals surface area contributed by atoms with Gasteiger partial charge in [-0.2, -0.15) is 0 Å². The molecule has 3 heterocycles. The van der Waals surface area contributed by atoms with Crippen LogP contribution in [0.5, 0.6) is 0 Å². The van der Waals surface area contributed by atoms with E-state index in [1.54, 1.807) is 25.5 Å². The van der Waals surface area contributed by atoms with E-state index in [1.165, 1.54) is 11.0 Å². The lowest BCUT2D eigenvalue weighted by Crippen LogP contribution is -2.26. The van der Waals surface area contributed by atoms with Gasteiger partial charge in [0.1, 0.15) is 23.4 Å². The van der Waals surface area contributed by atoms with E-state index in [-0.39, 0.29) is 0 Å². The summed E-state index contributed by atoms with van der Waals surface area (Å²) in [4.78, 5) is 12.9. The molecule has 0 saturated heterocycles. The summed E-state index contributed by atoms with van der Waals surface area (Å²) in [5.74, 6) is 0.637. The minimum Gasteiger partial charge on any atom is -0.373 e. The molecule has 5 rings (SSSR count). The number of halogens is 3. The van der Waals surface area contributed by atoms with Gasteiger partial charge in [-0.05, 0) is 38.0 Å². The van der Waals surface area contributed by atoms with E-state index >= 15 is 0 Å². The monoisotopic (exact) mass is 470 g/mol. The van der Waals surface area contributed by atoms with Crippen LogP contribution in [0.3, 0.4) is 0 Å². The SMILES string of the molecule is CNc1ncnc2c(Cl)cc(NC(c3cn(C4(C(F)F)CC4)nn3)c3cccnc3C)cc12. The summed E-state index contributed by atoms with van der Waals surface area (Å²) in [5, 5.41) is 16.0. The maximum absolute atomic E-state index is 13.6. The molecular formula is C22H21ClF2N8. The maximum atomic E-state index is 13.6. The third kappa shape index (κ3) is 3.74. The molecule has 11 heteroatoms. The van der Waals surface area contributed by atoms with Gasteiger partial charge in [0, 0.05) is 35.6 Å². The van der Waals surface area contributed by atoms with Gasteiger partial charge in [-0.15, -0.1) is 5.10 Å². The van der Waals surface area contributed by atoms with Gasteiger partial charge in [-0.1, -0.05) is 22.9 Å². The van der Waals surface area contributed by atoms with Gasteiger partial charge in [0.2, 0.25) is 0 Å². The topological polar surface area (TPSA) is 93.4 Å². The first-order valence-electron chi connectivity index (χ1n) is 10.4. The van der Waals surface area contributed by atoms with Crippen LogP contribution in [0, 0.1) is 6.92 Å². The first-order chi connectivity index (χ1) is 15.9. The Morgan fingerprint density at radius 3 is 2.70 bits per heavy atom. The van der Waals surface area contributed by atoms with Crippen molar-refractivity contribution in [1.82, 2.24) is 29.9 Å². The van der Waals surface area contributed by atoms with E-state index in [0.717, 1.165) is 16.6 Å². The fraction of sp³-hybridized carbons (Fsp3) is 0.318. The predicted molar refractivity (Wildman–Crippen MR) is 122 cm³/mol. The van der Waals surface area contributed by atoms with E-state index < -0.39 is 18.0 Å². The van der Waals surface area contributed by atoms with Crippen molar-refractivity contribution in [2.75, 3.05) is 17.7 Å². The standard InChI is InChI=1S/C22H21ClF2N8/c1-12-14(4-3-7-27-12)19(17-10-33(32-31-17)22(5-6-22)21(24)25)30-13-8-15-18(16(23)9-13)28-11-29-20(15)26-2/h3-4,7-11,19,21,30H,5-6H2,1-2H3,(H,26,28,29). The Morgan fingerprint density at radius 2 is 2.00 bits per heavy atom. The van der Waals surface area contributed by atoms with Crippen LogP contribution in [0.25, 0.3) is 10.9 Å². The van der Waals surface area contributed by atoms with Crippen LogP contribution < -0.4 is 10.6 Å². The Morgan fingerprint density at radius 1 is 1.18 bits per heavy atom. The molecular weight excluding hydrogens is 450 g/mol. The highest BCUT2D eigenvalue weighted by Gasteiger charge is 2.54. The number of alkyl halides is 2. The Kier molecular flexibility index (Phi) is 5.32. The summed E-state index contributed by atoms with van der Waals surface area (Å²) in [6.45, 7) is 1.89. The number of hydrogen-bond donors (Lipinski definition) is 2. The molecule has 8 nitrogen and oxygen atoms in total. The summed E-state index contributed by atoms with van der Waals surface area (Å²) in [6, 6.07) is 6.91. The third-order valence-electron chi connectivity index (χ3n) is 6.03. The van der Waals surface area contributed by atoms with Crippen molar-refractivity contribution in [3.05, 3.63) is 65.0 Å². The molecule has 170 valence electrons. The molecule has 1 saturated carbocycles. The van der Waals surface area contributed by atoms with Gasteiger partial charge in [0.05, 0.1) is 22.8 Å². The Balaban J connectivity index is 1.58. The minimum absolute atomic E-state index is 0.380. The molecule has 1 aliphatic carbocycles. The number of pyridine rings is 1. The highest BCUT2D eigenvalue weighted by atomic mass is 35.5. The number of nitrogens with one attached hydrogen (secondary N) is 2. The van der Waals surface area contributed by atoms with Crippen LogP contribution in [0.4, 0.5) is 20.3 Å². The lowest BCUT2D eigenvalue weighted by Gasteiger charge is -2.20. The molecule has 1 unspecified atom stereocenters. The van der Waals surface area contributed by atoms with Crippen LogP contribution in [-0.2, 0) is 5.54 Å². The van der Waals surface area contributed by atoms with Crippen molar-refractivity contribution < 1.29 is 8.78 Å². The largest absolute Gasteiger partial charge is 0.373 e. The van der Waals surface area contributed by atoms with Crippen molar-refractivity contribution in [3.63, 3.8) is 0 Å². The highest BCUT2D eigenvalue weighted by molar-refractivity contribution is 6.35. The molecule has 0 spiro atoms. The number of hydrogen-bond acceptors (Lipinski definition) is 7. The summed E-state index contributed by atoms with van der Waals surface area (Å²) in [7, 11) is 1.77. The molecule has 4 aromatic rings. The molecule has 1 atom stereocenters.